The molecule has 0 bridgehead atoms. The van der Waals surface area contributed by atoms with Crippen molar-refractivity contribution in [2.45, 2.75) is 64.0 Å². The van der Waals surface area contributed by atoms with Crippen LogP contribution in [0, 0.1) is 0 Å². The van der Waals surface area contributed by atoms with E-state index >= 15 is 0 Å². The van der Waals surface area contributed by atoms with Gasteiger partial charge in [-0.2, -0.15) is 0 Å². The van der Waals surface area contributed by atoms with Gasteiger partial charge in [-0.3, -0.25) is 0 Å². The maximum absolute atomic E-state index is 11.9. The summed E-state index contributed by atoms with van der Waals surface area (Å²) in [6, 6.07) is 0.789. The number of piperidine rings is 1. The van der Waals surface area contributed by atoms with E-state index in [1.165, 1.54) is 32.2 Å². The average Bonchev–Trinajstić information content (AvgIpc) is 2.40. The molecule has 4 heteroatoms. The lowest BCUT2D eigenvalue weighted by Gasteiger charge is -2.33. The van der Waals surface area contributed by atoms with Crippen LogP contribution in [0.4, 0.5) is 4.79 Å². The third kappa shape index (κ3) is 4.16. The number of hydrogen-bond donors (Lipinski definition) is 2. The minimum Gasteiger partial charge on any atom is -0.335 e. The lowest BCUT2D eigenvalue weighted by molar-refractivity contribution is 0.189. The Morgan fingerprint density at radius 1 is 1.06 bits per heavy atom. The summed E-state index contributed by atoms with van der Waals surface area (Å²) < 4.78 is 0. The predicted octanol–water partition coefficient (Wildman–Crippen LogP) is 2.10. The molecule has 2 amide bonds. The number of rotatable bonds is 3. The Balaban J connectivity index is 1.69. The lowest BCUT2D eigenvalue weighted by Crippen LogP contribution is -2.52. The van der Waals surface area contributed by atoms with E-state index in [2.05, 4.69) is 22.5 Å². The molecule has 0 unspecified atom stereocenters. The number of nitrogens with zero attached hydrogens (tertiary/aromatic N) is 1. The molecule has 2 aliphatic rings. The molecule has 2 fully saturated rings. The van der Waals surface area contributed by atoms with E-state index < -0.39 is 0 Å². The summed E-state index contributed by atoms with van der Waals surface area (Å²) in [7, 11) is 0. The Morgan fingerprint density at radius 2 is 1.72 bits per heavy atom. The molecule has 2 rings (SSSR count). The van der Waals surface area contributed by atoms with Crippen molar-refractivity contribution in [3.05, 3.63) is 0 Å². The summed E-state index contributed by atoms with van der Waals surface area (Å²) >= 11 is 0. The number of likely N-dealkylation sites (tertiary alicyclic amines) is 1. The second-order valence-electron chi connectivity index (χ2n) is 5.69. The fourth-order valence-corrected chi connectivity index (χ4v) is 3.12. The summed E-state index contributed by atoms with van der Waals surface area (Å²) in [5, 5.41) is 6.27. The van der Waals surface area contributed by atoms with E-state index in [1.54, 1.807) is 0 Å². The Kier molecular flexibility index (Phi) is 5.29. The first kappa shape index (κ1) is 13.7. The molecule has 4 nitrogen and oxygen atoms in total. The Hall–Kier alpha value is -0.770. The van der Waals surface area contributed by atoms with Gasteiger partial charge in [0.2, 0.25) is 0 Å². The number of carbonyl (C=O) groups excluding carboxylic acids is 1. The molecule has 18 heavy (non-hydrogen) atoms. The molecule has 2 N–H and O–H groups in total. The van der Waals surface area contributed by atoms with Crippen LogP contribution < -0.4 is 10.6 Å². The highest BCUT2D eigenvalue weighted by Gasteiger charge is 2.21. The molecule has 0 aromatic heterocycles. The molecule has 0 aromatic carbocycles. The van der Waals surface area contributed by atoms with Gasteiger partial charge in [0.05, 0.1) is 0 Å². The second-order valence-corrected chi connectivity index (χ2v) is 5.69. The maximum Gasteiger partial charge on any atom is 0.315 e. The van der Waals surface area contributed by atoms with Crippen molar-refractivity contribution in [2.75, 3.05) is 19.6 Å². The van der Waals surface area contributed by atoms with Gasteiger partial charge in [-0.05, 0) is 38.8 Å². The number of amides is 2. The minimum absolute atomic E-state index is 0.0462. The Bertz CT molecular complexity index is 264. The van der Waals surface area contributed by atoms with E-state index in [9.17, 15) is 4.79 Å². The van der Waals surface area contributed by atoms with Crippen LogP contribution in [-0.2, 0) is 0 Å². The van der Waals surface area contributed by atoms with Crippen LogP contribution in [0.25, 0.3) is 0 Å². The largest absolute Gasteiger partial charge is 0.335 e. The lowest BCUT2D eigenvalue weighted by atomic mass is 9.96. The molecular formula is C14H27N3O. The van der Waals surface area contributed by atoms with Crippen LogP contribution in [0.3, 0.4) is 0 Å². The standard InChI is InChI=1S/C14H27N3O/c1-2-17-10-6-9-13(11-17)16-14(18)15-12-7-4-3-5-8-12/h12-13H,2-11H2,1H3,(H2,15,16,18)/t13-/m1/s1. The zero-order valence-corrected chi connectivity index (χ0v) is 11.6. The van der Waals surface area contributed by atoms with Crippen molar-refractivity contribution in [3.8, 4) is 0 Å². The zero-order chi connectivity index (χ0) is 12.8. The first-order chi connectivity index (χ1) is 8.78. The molecule has 1 saturated heterocycles. The molecule has 1 saturated carbocycles. The smallest absolute Gasteiger partial charge is 0.315 e. The molecule has 1 aliphatic heterocycles. The summed E-state index contributed by atoms with van der Waals surface area (Å²) in [5.41, 5.74) is 0. The highest BCUT2D eigenvalue weighted by atomic mass is 16.2. The van der Waals surface area contributed by atoms with Gasteiger partial charge in [-0.1, -0.05) is 26.2 Å². The summed E-state index contributed by atoms with van der Waals surface area (Å²) in [4.78, 5) is 14.3. The number of carbonyl (C=O) groups is 1. The zero-order valence-electron chi connectivity index (χ0n) is 11.6. The van der Waals surface area contributed by atoms with Crippen molar-refractivity contribution in [3.63, 3.8) is 0 Å². The van der Waals surface area contributed by atoms with Crippen LogP contribution >= 0.6 is 0 Å². The first-order valence-corrected chi connectivity index (χ1v) is 7.57. The highest BCUT2D eigenvalue weighted by molar-refractivity contribution is 5.74. The Morgan fingerprint density at radius 3 is 2.44 bits per heavy atom. The van der Waals surface area contributed by atoms with Crippen molar-refractivity contribution in [1.82, 2.24) is 15.5 Å². The summed E-state index contributed by atoms with van der Waals surface area (Å²) in [6.07, 6.45) is 8.47. The van der Waals surface area contributed by atoms with Crippen molar-refractivity contribution < 1.29 is 4.79 Å². The SMILES string of the molecule is CCN1CCC[C@@H](NC(=O)NC2CCCCC2)C1. The van der Waals surface area contributed by atoms with Crippen LogP contribution in [0.5, 0.6) is 0 Å². The minimum atomic E-state index is 0.0462. The van der Waals surface area contributed by atoms with Crippen molar-refractivity contribution in [2.24, 2.45) is 0 Å². The molecule has 0 radical (unpaired) electrons. The van der Waals surface area contributed by atoms with E-state index in [-0.39, 0.29) is 6.03 Å². The normalized spacial score (nSPS) is 26.8. The number of likely N-dealkylation sites (N-methyl/N-ethyl adjacent to an activating group) is 1. The van der Waals surface area contributed by atoms with E-state index in [0.29, 0.717) is 12.1 Å². The van der Waals surface area contributed by atoms with Gasteiger partial charge >= 0.3 is 6.03 Å². The van der Waals surface area contributed by atoms with Gasteiger partial charge in [-0.25, -0.2) is 4.79 Å². The summed E-state index contributed by atoms with van der Waals surface area (Å²) in [6.45, 7) is 5.46. The third-order valence-electron chi connectivity index (χ3n) is 4.23. The molecule has 104 valence electrons. The topological polar surface area (TPSA) is 44.4 Å². The second kappa shape index (κ2) is 6.98. The molecule has 1 atom stereocenters. The highest BCUT2D eigenvalue weighted by Crippen LogP contribution is 2.17. The molecule has 1 aliphatic carbocycles. The van der Waals surface area contributed by atoms with Gasteiger partial charge in [0.25, 0.3) is 0 Å². The molecule has 0 aromatic rings. The van der Waals surface area contributed by atoms with Crippen LogP contribution in [0.15, 0.2) is 0 Å². The van der Waals surface area contributed by atoms with Crippen LogP contribution in [-0.4, -0.2) is 42.6 Å². The van der Waals surface area contributed by atoms with E-state index in [4.69, 9.17) is 0 Å². The van der Waals surface area contributed by atoms with Crippen molar-refractivity contribution in [1.29, 1.82) is 0 Å². The van der Waals surface area contributed by atoms with Gasteiger partial charge in [0.1, 0.15) is 0 Å². The van der Waals surface area contributed by atoms with Gasteiger partial charge in [0, 0.05) is 18.6 Å². The number of nitrogens with one attached hydrogen (secondary N) is 2. The van der Waals surface area contributed by atoms with Crippen LogP contribution in [0.1, 0.15) is 51.9 Å². The van der Waals surface area contributed by atoms with Gasteiger partial charge < -0.3 is 15.5 Å². The molecule has 0 spiro atoms. The van der Waals surface area contributed by atoms with E-state index in [0.717, 1.165) is 32.4 Å². The number of hydrogen-bond acceptors (Lipinski definition) is 2. The van der Waals surface area contributed by atoms with Crippen molar-refractivity contribution >= 4 is 6.03 Å². The predicted molar refractivity (Wildman–Crippen MR) is 73.7 cm³/mol. The fraction of sp³-hybridized carbons (Fsp3) is 0.929. The first-order valence-electron chi connectivity index (χ1n) is 7.57. The van der Waals surface area contributed by atoms with Gasteiger partial charge in [0.15, 0.2) is 0 Å². The maximum atomic E-state index is 11.9. The third-order valence-corrected chi connectivity index (χ3v) is 4.23. The molecular weight excluding hydrogens is 226 g/mol. The van der Waals surface area contributed by atoms with E-state index in [1.807, 2.05) is 0 Å². The average molecular weight is 253 g/mol. The van der Waals surface area contributed by atoms with Crippen LogP contribution in [0.2, 0.25) is 0 Å². The fourth-order valence-electron chi connectivity index (χ4n) is 3.12. The number of urea groups is 1. The summed E-state index contributed by atoms with van der Waals surface area (Å²) in [5.74, 6) is 0. The quantitative estimate of drug-likeness (QED) is 0.809. The monoisotopic (exact) mass is 253 g/mol. The molecule has 1 heterocycles. The van der Waals surface area contributed by atoms with Gasteiger partial charge in [-0.15, -0.1) is 0 Å². The Labute approximate surface area is 110 Å².